The SMILES string of the molecule is CCN(CC)S(=O)(=O)c1cc([N+](=O)[O-])ccc1N/N=C/c1ccc(C(=O)O)cc1. The van der Waals surface area contributed by atoms with Gasteiger partial charge in [-0.25, -0.2) is 13.2 Å². The molecule has 0 amide bonds. The van der Waals surface area contributed by atoms with Gasteiger partial charge in [0, 0.05) is 25.2 Å². The molecule has 0 unspecified atom stereocenters. The molecule has 0 saturated heterocycles. The number of carboxylic acid groups (broad SMARTS) is 1. The van der Waals surface area contributed by atoms with E-state index >= 15 is 0 Å². The second kappa shape index (κ2) is 9.26. The van der Waals surface area contributed by atoms with Gasteiger partial charge >= 0.3 is 5.97 Å². The van der Waals surface area contributed by atoms with Crippen LogP contribution < -0.4 is 5.43 Å². The third-order valence-electron chi connectivity index (χ3n) is 4.06. The molecule has 29 heavy (non-hydrogen) atoms. The average molecular weight is 420 g/mol. The summed E-state index contributed by atoms with van der Waals surface area (Å²) in [5, 5.41) is 24.0. The summed E-state index contributed by atoms with van der Waals surface area (Å²) >= 11 is 0. The molecular formula is C18H20N4O6S. The Kier molecular flexibility index (Phi) is 7.02. The van der Waals surface area contributed by atoms with Gasteiger partial charge in [0.25, 0.3) is 5.69 Å². The standard InChI is InChI=1S/C18H20N4O6S/c1-3-21(4-2)29(27,28)17-11-15(22(25)26)9-10-16(17)20-19-12-13-5-7-14(8-6-13)18(23)24/h5-12,20H,3-4H2,1-2H3,(H,23,24)/b19-12+. The van der Waals surface area contributed by atoms with Gasteiger partial charge in [-0.05, 0) is 23.8 Å². The number of hydrogen-bond donors (Lipinski definition) is 2. The van der Waals surface area contributed by atoms with E-state index in [1.807, 2.05) is 0 Å². The Balaban J connectivity index is 2.36. The lowest BCUT2D eigenvalue weighted by Crippen LogP contribution is -2.31. The van der Waals surface area contributed by atoms with E-state index in [0.717, 1.165) is 6.07 Å². The molecule has 2 N–H and O–H groups in total. The number of carboxylic acids is 1. The Morgan fingerprint density at radius 1 is 1.21 bits per heavy atom. The highest BCUT2D eigenvalue weighted by molar-refractivity contribution is 7.89. The zero-order valence-electron chi connectivity index (χ0n) is 15.8. The van der Waals surface area contributed by atoms with Crippen molar-refractivity contribution in [2.24, 2.45) is 5.10 Å². The van der Waals surface area contributed by atoms with Crippen molar-refractivity contribution in [1.29, 1.82) is 0 Å². The fourth-order valence-corrected chi connectivity index (χ4v) is 4.14. The van der Waals surface area contributed by atoms with Crippen LogP contribution in [0.4, 0.5) is 11.4 Å². The number of hydrazone groups is 1. The Bertz CT molecular complexity index is 1030. The van der Waals surface area contributed by atoms with Crippen LogP contribution in [0.25, 0.3) is 0 Å². The molecule has 0 aromatic heterocycles. The van der Waals surface area contributed by atoms with E-state index in [2.05, 4.69) is 10.5 Å². The average Bonchev–Trinajstić information content (AvgIpc) is 2.69. The number of non-ortho nitro benzene ring substituents is 1. The van der Waals surface area contributed by atoms with Gasteiger partial charge in [0.2, 0.25) is 10.0 Å². The molecule has 154 valence electrons. The van der Waals surface area contributed by atoms with E-state index in [-0.39, 0.29) is 34.9 Å². The van der Waals surface area contributed by atoms with Crippen LogP contribution in [0.3, 0.4) is 0 Å². The lowest BCUT2D eigenvalue weighted by molar-refractivity contribution is -0.385. The fourth-order valence-electron chi connectivity index (χ4n) is 2.52. The van der Waals surface area contributed by atoms with Gasteiger partial charge in [0.05, 0.1) is 22.4 Å². The summed E-state index contributed by atoms with van der Waals surface area (Å²) in [5.74, 6) is -1.05. The van der Waals surface area contributed by atoms with Gasteiger partial charge in [-0.3, -0.25) is 15.5 Å². The van der Waals surface area contributed by atoms with Gasteiger partial charge < -0.3 is 5.11 Å². The smallest absolute Gasteiger partial charge is 0.335 e. The number of benzene rings is 2. The summed E-state index contributed by atoms with van der Waals surface area (Å²) in [6.45, 7) is 3.76. The largest absolute Gasteiger partial charge is 0.478 e. The van der Waals surface area contributed by atoms with Crippen molar-refractivity contribution in [3.8, 4) is 0 Å². The van der Waals surface area contributed by atoms with Gasteiger partial charge in [-0.1, -0.05) is 26.0 Å². The van der Waals surface area contributed by atoms with Crippen LogP contribution in [0.15, 0.2) is 52.5 Å². The predicted octanol–water partition coefficient (Wildman–Crippen LogP) is 2.77. The van der Waals surface area contributed by atoms with Gasteiger partial charge in [0.1, 0.15) is 4.90 Å². The molecule has 0 heterocycles. The molecule has 0 aliphatic heterocycles. The van der Waals surface area contributed by atoms with Gasteiger partial charge in [0.15, 0.2) is 0 Å². The minimum absolute atomic E-state index is 0.0842. The van der Waals surface area contributed by atoms with E-state index in [9.17, 15) is 23.3 Å². The molecule has 2 aromatic rings. The van der Waals surface area contributed by atoms with Crippen molar-refractivity contribution in [3.05, 3.63) is 63.7 Å². The molecule has 11 heteroatoms. The highest BCUT2D eigenvalue weighted by Crippen LogP contribution is 2.29. The molecule has 0 fully saturated rings. The molecule has 2 aromatic carbocycles. The number of nitrogens with zero attached hydrogens (tertiary/aromatic N) is 3. The van der Waals surface area contributed by atoms with Crippen LogP contribution in [-0.4, -0.2) is 48.0 Å². The summed E-state index contributed by atoms with van der Waals surface area (Å²) < 4.78 is 26.9. The van der Waals surface area contributed by atoms with Crippen molar-refractivity contribution in [2.45, 2.75) is 18.7 Å². The molecule has 0 aliphatic rings. The van der Waals surface area contributed by atoms with Crippen molar-refractivity contribution in [1.82, 2.24) is 4.31 Å². The van der Waals surface area contributed by atoms with Crippen LogP contribution in [0, 0.1) is 10.1 Å². The number of aromatic carboxylic acids is 1. The number of anilines is 1. The van der Waals surface area contributed by atoms with Crippen molar-refractivity contribution in [2.75, 3.05) is 18.5 Å². The fraction of sp³-hybridized carbons (Fsp3) is 0.222. The maximum absolute atomic E-state index is 12.9. The normalized spacial score (nSPS) is 11.7. The first-order valence-electron chi connectivity index (χ1n) is 8.61. The number of nitro benzene ring substituents is 1. The van der Waals surface area contributed by atoms with E-state index in [1.165, 1.54) is 46.9 Å². The molecule has 10 nitrogen and oxygen atoms in total. The Labute approximate surface area is 167 Å². The topological polar surface area (TPSA) is 142 Å². The molecule has 2 rings (SSSR count). The minimum atomic E-state index is -3.97. The quantitative estimate of drug-likeness (QED) is 0.361. The summed E-state index contributed by atoms with van der Waals surface area (Å²) in [7, 11) is -3.97. The van der Waals surface area contributed by atoms with Gasteiger partial charge in [-0.2, -0.15) is 9.41 Å². The van der Waals surface area contributed by atoms with Crippen LogP contribution in [0.2, 0.25) is 0 Å². The molecule has 0 atom stereocenters. The van der Waals surface area contributed by atoms with Crippen LogP contribution in [-0.2, 0) is 10.0 Å². The lowest BCUT2D eigenvalue weighted by atomic mass is 10.1. The first-order valence-corrected chi connectivity index (χ1v) is 10.1. The van der Waals surface area contributed by atoms with E-state index in [0.29, 0.717) is 5.56 Å². The first kappa shape index (κ1) is 22.0. The number of nitrogens with one attached hydrogen (secondary N) is 1. The lowest BCUT2D eigenvalue weighted by Gasteiger charge is -2.20. The molecule has 0 radical (unpaired) electrons. The monoisotopic (exact) mass is 420 g/mol. The highest BCUT2D eigenvalue weighted by atomic mass is 32.2. The highest BCUT2D eigenvalue weighted by Gasteiger charge is 2.27. The molecule has 0 bridgehead atoms. The summed E-state index contributed by atoms with van der Waals surface area (Å²) in [6.07, 6.45) is 1.38. The van der Waals surface area contributed by atoms with Crippen LogP contribution in [0.5, 0.6) is 0 Å². The molecular weight excluding hydrogens is 400 g/mol. The van der Waals surface area contributed by atoms with E-state index in [4.69, 9.17) is 5.11 Å². The second-order valence-corrected chi connectivity index (χ2v) is 7.73. The summed E-state index contributed by atoms with van der Waals surface area (Å²) in [4.78, 5) is 21.0. The Hall–Kier alpha value is -3.31. The van der Waals surface area contributed by atoms with Gasteiger partial charge in [-0.15, -0.1) is 0 Å². The maximum atomic E-state index is 12.9. The zero-order valence-corrected chi connectivity index (χ0v) is 16.6. The van der Waals surface area contributed by atoms with E-state index < -0.39 is 20.9 Å². The Morgan fingerprint density at radius 2 is 1.83 bits per heavy atom. The van der Waals surface area contributed by atoms with Crippen LogP contribution >= 0.6 is 0 Å². The van der Waals surface area contributed by atoms with Crippen LogP contribution in [0.1, 0.15) is 29.8 Å². The van der Waals surface area contributed by atoms with Crippen molar-refractivity contribution in [3.63, 3.8) is 0 Å². The Morgan fingerprint density at radius 3 is 2.34 bits per heavy atom. The first-order chi connectivity index (χ1) is 13.7. The minimum Gasteiger partial charge on any atom is -0.478 e. The predicted molar refractivity (Wildman–Crippen MR) is 108 cm³/mol. The molecule has 0 spiro atoms. The number of rotatable bonds is 9. The third kappa shape index (κ3) is 5.15. The third-order valence-corrected chi connectivity index (χ3v) is 6.15. The van der Waals surface area contributed by atoms with E-state index in [1.54, 1.807) is 13.8 Å². The molecule has 0 saturated carbocycles. The number of nitro groups is 1. The second-order valence-electron chi connectivity index (χ2n) is 5.82. The van der Waals surface area contributed by atoms with Crippen molar-refractivity contribution < 1.29 is 23.2 Å². The number of sulfonamides is 1. The van der Waals surface area contributed by atoms with Crippen molar-refractivity contribution >= 4 is 33.6 Å². The summed E-state index contributed by atoms with van der Waals surface area (Å²) in [6, 6.07) is 9.35. The summed E-state index contributed by atoms with van der Waals surface area (Å²) in [5.41, 5.74) is 3.04. The number of hydrogen-bond acceptors (Lipinski definition) is 7. The maximum Gasteiger partial charge on any atom is 0.335 e. The molecule has 0 aliphatic carbocycles. The number of carbonyl (C=O) groups is 1. The zero-order chi connectivity index (χ0) is 21.6.